The number of fused-ring (bicyclic) bond motifs is 1. The van der Waals surface area contributed by atoms with Crippen molar-refractivity contribution in [3.63, 3.8) is 0 Å². The van der Waals surface area contributed by atoms with Crippen molar-refractivity contribution in [1.29, 1.82) is 0 Å². The predicted octanol–water partition coefficient (Wildman–Crippen LogP) is 1.48. The molecule has 0 saturated carbocycles. The zero-order valence-corrected chi connectivity index (χ0v) is 12.5. The van der Waals surface area contributed by atoms with Crippen LogP contribution in [0.4, 0.5) is 0 Å². The second-order valence-corrected chi connectivity index (χ2v) is 4.97. The normalized spacial score (nSPS) is 14.4. The quantitative estimate of drug-likeness (QED) is 0.883. The molecule has 1 unspecified atom stereocenters. The summed E-state index contributed by atoms with van der Waals surface area (Å²) in [4.78, 5) is 11.8. The molecular weight excluding hydrogens is 280 g/mol. The van der Waals surface area contributed by atoms with E-state index in [1.165, 1.54) is 0 Å². The Morgan fingerprint density at radius 1 is 1.30 bits per heavy atom. The molecule has 6 heteroatoms. The maximum atomic E-state index is 11.8. The summed E-state index contributed by atoms with van der Waals surface area (Å²) in [6, 6.07) is 5.18. The van der Waals surface area contributed by atoms with Crippen LogP contribution in [0, 0.1) is 5.92 Å². The van der Waals surface area contributed by atoms with Crippen molar-refractivity contribution >= 4 is 18.3 Å². The van der Waals surface area contributed by atoms with Crippen LogP contribution in [0.2, 0.25) is 0 Å². The smallest absolute Gasteiger partial charge is 0.237 e. The van der Waals surface area contributed by atoms with Gasteiger partial charge < -0.3 is 20.5 Å². The molecule has 1 aromatic rings. The first-order valence-electron chi connectivity index (χ1n) is 6.49. The number of carbonyl (C=O) groups is 1. The summed E-state index contributed by atoms with van der Waals surface area (Å²) in [5, 5.41) is 2.83. The Labute approximate surface area is 125 Å². The predicted molar refractivity (Wildman–Crippen MR) is 79.3 cm³/mol. The topological polar surface area (TPSA) is 73.6 Å². The first-order valence-corrected chi connectivity index (χ1v) is 6.49. The van der Waals surface area contributed by atoms with Crippen molar-refractivity contribution in [1.82, 2.24) is 5.32 Å². The largest absolute Gasteiger partial charge is 0.486 e. The molecule has 20 heavy (non-hydrogen) atoms. The van der Waals surface area contributed by atoms with Gasteiger partial charge in [0.25, 0.3) is 0 Å². The van der Waals surface area contributed by atoms with Gasteiger partial charge in [0.2, 0.25) is 5.91 Å². The van der Waals surface area contributed by atoms with Crippen LogP contribution in [0.3, 0.4) is 0 Å². The van der Waals surface area contributed by atoms with Gasteiger partial charge in [-0.25, -0.2) is 0 Å². The number of ether oxygens (including phenoxy) is 2. The molecule has 112 valence electrons. The molecule has 0 spiro atoms. The molecule has 2 rings (SSSR count). The number of benzene rings is 1. The maximum Gasteiger partial charge on any atom is 0.237 e. The minimum atomic E-state index is -0.475. The molecule has 0 bridgehead atoms. The van der Waals surface area contributed by atoms with E-state index in [1.807, 2.05) is 32.0 Å². The average molecular weight is 301 g/mol. The van der Waals surface area contributed by atoms with E-state index in [0.29, 0.717) is 19.8 Å². The van der Waals surface area contributed by atoms with Crippen molar-refractivity contribution in [2.75, 3.05) is 13.2 Å². The van der Waals surface area contributed by atoms with Crippen LogP contribution in [0.25, 0.3) is 0 Å². The second kappa shape index (κ2) is 7.36. The summed E-state index contributed by atoms with van der Waals surface area (Å²) in [5.41, 5.74) is 6.74. The zero-order valence-electron chi connectivity index (χ0n) is 11.7. The van der Waals surface area contributed by atoms with E-state index in [-0.39, 0.29) is 24.2 Å². The van der Waals surface area contributed by atoms with E-state index < -0.39 is 6.04 Å². The SMILES string of the molecule is CC(C)C(N)C(=O)NCc1ccc2c(c1)OCCO2.Cl. The van der Waals surface area contributed by atoms with Gasteiger partial charge in [0.15, 0.2) is 11.5 Å². The molecule has 0 aliphatic carbocycles. The number of hydrogen-bond donors (Lipinski definition) is 2. The molecule has 3 N–H and O–H groups in total. The van der Waals surface area contributed by atoms with Crippen molar-refractivity contribution in [2.45, 2.75) is 26.4 Å². The molecule has 0 aromatic heterocycles. The third kappa shape index (κ3) is 4.02. The van der Waals surface area contributed by atoms with Gasteiger partial charge in [-0.1, -0.05) is 19.9 Å². The first kappa shape index (κ1) is 16.6. The van der Waals surface area contributed by atoms with Crippen LogP contribution in [0.5, 0.6) is 11.5 Å². The Bertz CT molecular complexity index is 466. The number of nitrogens with two attached hydrogens (primary N) is 1. The molecule has 1 atom stereocenters. The van der Waals surface area contributed by atoms with Crippen LogP contribution in [0.1, 0.15) is 19.4 Å². The molecule has 0 saturated heterocycles. The zero-order chi connectivity index (χ0) is 13.8. The van der Waals surface area contributed by atoms with Gasteiger partial charge in [0.1, 0.15) is 13.2 Å². The number of rotatable bonds is 4. The summed E-state index contributed by atoms with van der Waals surface area (Å²) in [5.74, 6) is 1.47. The highest BCUT2D eigenvalue weighted by Crippen LogP contribution is 2.30. The van der Waals surface area contributed by atoms with E-state index in [2.05, 4.69) is 5.32 Å². The van der Waals surface area contributed by atoms with Gasteiger partial charge in [-0.05, 0) is 23.6 Å². The summed E-state index contributed by atoms with van der Waals surface area (Å²) in [6.45, 7) is 5.42. The van der Waals surface area contributed by atoms with Gasteiger partial charge >= 0.3 is 0 Å². The summed E-state index contributed by atoms with van der Waals surface area (Å²) in [7, 11) is 0. The fraction of sp³-hybridized carbons (Fsp3) is 0.500. The summed E-state index contributed by atoms with van der Waals surface area (Å²) < 4.78 is 10.9. The highest BCUT2D eigenvalue weighted by Gasteiger charge is 2.17. The Balaban J connectivity index is 0.00000200. The standard InChI is InChI=1S/C14H20N2O3.ClH/c1-9(2)13(15)14(17)16-8-10-3-4-11-12(7-10)19-6-5-18-11;/h3-4,7,9,13H,5-6,8,15H2,1-2H3,(H,16,17);1H. The van der Waals surface area contributed by atoms with Crippen LogP contribution < -0.4 is 20.5 Å². The lowest BCUT2D eigenvalue weighted by atomic mass is 10.0. The second-order valence-electron chi connectivity index (χ2n) is 4.97. The number of amides is 1. The van der Waals surface area contributed by atoms with Crippen molar-refractivity contribution < 1.29 is 14.3 Å². The lowest BCUT2D eigenvalue weighted by Gasteiger charge is -2.19. The van der Waals surface area contributed by atoms with Crippen molar-refractivity contribution in [2.24, 2.45) is 11.7 Å². The van der Waals surface area contributed by atoms with E-state index in [4.69, 9.17) is 15.2 Å². The highest BCUT2D eigenvalue weighted by molar-refractivity contribution is 5.85. The first-order chi connectivity index (χ1) is 9.08. The number of halogens is 1. The molecule has 1 heterocycles. The summed E-state index contributed by atoms with van der Waals surface area (Å²) in [6.07, 6.45) is 0. The Morgan fingerprint density at radius 3 is 2.60 bits per heavy atom. The van der Waals surface area contributed by atoms with E-state index >= 15 is 0 Å². The number of hydrogen-bond acceptors (Lipinski definition) is 4. The van der Waals surface area contributed by atoms with E-state index in [9.17, 15) is 4.79 Å². The lowest BCUT2D eigenvalue weighted by molar-refractivity contribution is -0.123. The van der Waals surface area contributed by atoms with Gasteiger partial charge in [0, 0.05) is 6.54 Å². The van der Waals surface area contributed by atoms with E-state index in [0.717, 1.165) is 17.1 Å². The third-order valence-corrected chi connectivity index (χ3v) is 3.09. The fourth-order valence-electron chi connectivity index (χ4n) is 1.81. The van der Waals surface area contributed by atoms with Gasteiger partial charge in [-0.15, -0.1) is 12.4 Å². The fourth-order valence-corrected chi connectivity index (χ4v) is 1.81. The van der Waals surface area contributed by atoms with Gasteiger partial charge in [0.05, 0.1) is 6.04 Å². The Morgan fingerprint density at radius 2 is 1.95 bits per heavy atom. The van der Waals surface area contributed by atoms with Crippen LogP contribution in [0.15, 0.2) is 18.2 Å². The van der Waals surface area contributed by atoms with Crippen LogP contribution >= 0.6 is 12.4 Å². The maximum absolute atomic E-state index is 11.8. The van der Waals surface area contributed by atoms with E-state index in [1.54, 1.807) is 0 Å². The third-order valence-electron chi connectivity index (χ3n) is 3.09. The molecule has 1 aliphatic rings. The average Bonchev–Trinajstić information content (AvgIpc) is 2.43. The highest BCUT2D eigenvalue weighted by atomic mass is 35.5. The van der Waals surface area contributed by atoms with Crippen LogP contribution in [-0.2, 0) is 11.3 Å². The van der Waals surface area contributed by atoms with Crippen molar-refractivity contribution in [3.8, 4) is 11.5 Å². The summed E-state index contributed by atoms with van der Waals surface area (Å²) >= 11 is 0. The van der Waals surface area contributed by atoms with Crippen LogP contribution in [-0.4, -0.2) is 25.2 Å². The minimum absolute atomic E-state index is 0. The monoisotopic (exact) mass is 300 g/mol. The Hall–Kier alpha value is -1.46. The molecule has 0 fully saturated rings. The Kier molecular flexibility index (Phi) is 6.10. The molecule has 5 nitrogen and oxygen atoms in total. The van der Waals surface area contributed by atoms with Gasteiger partial charge in [-0.3, -0.25) is 4.79 Å². The lowest BCUT2D eigenvalue weighted by Crippen LogP contribution is -2.43. The molecular formula is C14H21ClN2O3. The minimum Gasteiger partial charge on any atom is -0.486 e. The molecule has 1 aliphatic heterocycles. The number of carbonyl (C=O) groups excluding carboxylic acids is 1. The van der Waals surface area contributed by atoms with Crippen molar-refractivity contribution in [3.05, 3.63) is 23.8 Å². The van der Waals surface area contributed by atoms with Gasteiger partial charge in [-0.2, -0.15) is 0 Å². The molecule has 1 aromatic carbocycles. The molecule has 1 amide bonds. The number of nitrogens with one attached hydrogen (secondary N) is 1. The molecule has 0 radical (unpaired) electrons.